The van der Waals surface area contributed by atoms with Gasteiger partial charge >= 0.3 is 5.97 Å². The fourth-order valence-electron chi connectivity index (χ4n) is 1.96. The van der Waals surface area contributed by atoms with Crippen LogP contribution in [-0.4, -0.2) is 29.6 Å². The zero-order valence-corrected chi connectivity index (χ0v) is 10.2. The van der Waals surface area contributed by atoms with Crippen molar-refractivity contribution in [1.29, 1.82) is 0 Å². The molecule has 3 N–H and O–H groups in total. The molecule has 1 aliphatic rings. The molecule has 5 heteroatoms. The minimum Gasteiger partial charge on any atom is -0.480 e. The number of hydrogen-bond acceptors (Lipinski definition) is 3. The molecule has 5 nitrogen and oxygen atoms in total. The van der Waals surface area contributed by atoms with Crippen molar-refractivity contribution >= 4 is 11.9 Å². The third-order valence-corrected chi connectivity index (χ3v) is 3.07. The van der Waals surface area contributed by atoms with Crippen LogP contribution in [-0.2, 0) is 17.8 Å². The van der Waals surface area contributed by atoms with Gasteiger partial charge in [-0.15, -0.1) is 0 Å². The molecule has 0 saturated heterocycles. The first-order valence-electron chi connectivity index (χ1n) is 5.94. The maximum absolute atomic E-state index is 11.9. The van der Waals surface area contributed by atoms with E-state index in [0.717, 1.165) is 25.1 Å². The number of benzene rings is 1. The highest BCUT2D eigenvalue weighted by molar-refractivity contribution is 5.96. The van der Waals surface area contributed by atoms with Crippen LogP contribution >= 0.6 is 0 Å². The minimum atomic E-state index is -1.04. The van der Waals surface area contributed by atoms with Gasteiger partial charge in [0, 0.05) is 12.1 Å². The third kappa shape index (κ3) is 2.68. The number of carbonyl (C=O) groups excluding carboxylic acids is 1. The predicted octanol–water partition coefficient (Wildman–Crippen LogP) is 0.535. The Balaban J connectivity index is 2.13. The van der Waals surface area contributed by atoms with E-state index >= 15 is 0 Å². The SMILES string of the molecule is C[C@@H](NC(=O)c1ccc2c(c1)CNCC2)C(=O)O. The molecule has 1 heterocycles. The molecule has 0 fully saturated rings. The highest BCUT2D eigenvalue weighted by Gasteiger charge is 2.17. The lowest BCUT2D eigenvalue weighted by Gasteiger charge is -2.18. The quantitative estimate of drug-likeness (QED) is 0.729. The molecule has 0 spiro atoms. The van der Waals surface area contributed by atoms with Gasteiger partial charge in [0.1, 0.15) is 6.04 Å². The number of carboxylic acids is 1. The summed E-state index contributed by atoms with van der Waals surface area (Å²) in [5.74, 6) is -1.39. The number of rotatable bonds is 3. The maximum atomic E-state index is 11.9. The molecule has 96 valence electrons. The van der Waals surface area contributed by atoms with E-state index in [1.807, 2.05) is 12.1 Å². The van der Waals surface area contributed by atoms with Crippen molar-refractivity contribution in [3.05, 3.63) is 34.9 Å². The normalized spacial score (nSPS) is 15.6. The number of aliphatic carboxylic acids is 1. The monoisotopic (exact) mass is 248 g/mol. The average molecular weight is 248 g/mol. The molecule has 18 heavy (non-hydrogen) atoms. The average Bonchev–Trinajstić information content (AvgIpc) is 2.37. The standard InChI is InChI=1S/C13H16N2O3/c1-8(13(17)18)15-12(16)10-3-2-9-4-5-14-7-11(9)6-10/h2-3,6,8,14H,4-5,7H2,1H3,(H,15,16)(H,17,18)/t8-/m1/s1. The summed E-state index contributed by atoms with van der Waals surface area (Å²) in [5.41, 5.74) is 2.86. The van der Waals surface area contributed by atoms with Crippen molar-refractivity contribution in [2.75, 3.05) is 6.54 Å². The van der Waals surface area contributed by atoms with E-state index in [0.29, 0.717) is 5.56 Å². The van der Waals surface area contributed by atoms with Gasteiger partial charge in [-0.25, -0.2) is 0 Å². The Bertz CT molecular complexity index is 485. The van der Waals surface area contributed by atoms with E-state index in [1.165, 1.54) is 12.5 Å². The summed E-state index contributed by atoms with van der Waals surface area (Å²) in [6.45, 7) is 3.15. The molecule has 0 saturated carbocycles. The second-order valence-corrected chi connectivity index (χ2v) is 4.44. The number of hydrogen-bond donors (Lipinski definition) is 3. The molecule has 2 rings (SSSR count). The molecule has 1 aliphatic heterocycles. The van der Waals surface area contributed by atoms with Crippen molar-refractivity contribution in [3.63, 3.8) is 0 Å². The summed E-state index contributed by atoms with van der Waals surface area (Å²) in [4.78, 5) is 22.5. The number of carbonyl (C=O) groups is 2. The van der Waals surface area contributed by atoms with Gasteiger partial charge in [0.25, 0.3) is 5.91 Å². The van der Waals surface area contributed by atoms with Gasteiger partial charge in [0.05, 0.1) is 0 Å². The fourth-order valence-corrected chi connectivity index (χ4v) is 1.96. The summed E-state index contributed by atoms with van der Waals surface area (Å²) >= 11 is 0. The maximum Gasteiger partial charge on any atom is 0.325 e. The Labute approximate surface area is 105 Å². The predicted molar refractivity (Wildman–Crippen MR) is 66.4 cm³/mol. The third-order valence-electron chi connectivity index (χ3n) is 3.07. The lowest BCUT2D eigenvalue weighted by atomic mass is 9.98. The Morgan fingerprint density at radius 1 is 1.39 bits per heavy atom. The Morgan fingerprint density at radius 2 is 2.17 bits per heavy atom. The van der Waals surface area contributed by atoms with Gasteiger partial charge in [-0.3, -0.25) is 9.59 Å². The van der Waals surface area contributed by atoms with Crippen LogP contribution in [0.25, 0.3) is 0 Å². The summed E-state index contributed by atoms with van der Waals surface area (Å²) in [6.07, 6.45) is 0.961. The lowest BCUT2D eigenvalue weighted by molar-refractivity contribution is -0.138. The molecule has 0 radical (unpaired) electrons. The number of nitrogens with one attached hydrogen (secondary N) is 2. The van der Waals surface area contributed by atoms with Crippen LogP contribution in [0.15, 0.2) is 18.2 Å². The van der Waals surface area contributed by atoms with E-state index in [1.54, 1.807) is 6.07 Å². The first kappa shape index (κ1) is 12.6. The molecular weight excluding hydrogens is 232 g/mol. The summed E-state index contributed by atoms with van der Waals surface area (Å²) in [6, 6.07) is 4.63. The summed E-state index contributed by atoms with van der Waals surface area (Å²) < 4.78 is 0. The van der Waals surface area contributed by atoms with Crippen LogP contribution in [0.1, 0.15) is 28.4 Å². The molecule has 1 aromatic carbocycles. The van der Waals surface area contributed by atoms with E-state index in [2.05, 4.69) is 10.6 Å². The van der Waals surface area contributed by atoms with Gasteiger partial charge in [-0.1, -0.05) is 6.07 Å². The number of amides is 1. The highest BCUT2D eigenvalue weighted by atomic mass is 16.4. The van der Waals surface area contributed by atoms with E-state index in [9.17, 15) is 9.59 Å². The van der Waals surface area contributed by atoms with Crippen molar-refractivity contribution in [3.8, 4) is 0 Å². The van der Waals surface area contributed by atoms with Crippen molar-refractivity contribution in [2.24, 2.45) is 0 Å². The van der Waals surface area contributed by atoms with Crippen molar-refractivity contribution in [1.82, 2.24) is 10.6 Å². The van der Waals surface area contributed by atoms with Crippen molar-refractivity contribution in [2.45, 2.75) is 25.9 Å². The van der Waals surface area contributed by atoms with E-state index in [-0.39, 0.29) is 5.91 Å². The minimum absolute atomic E-state index is 0.349. The van der Waals surface area contributed by atoms with E-state index in [4.69, 9.17) is 5.11 Å². The molecule has 1 amide bonds. The van der Waals surface area contributed by atoms with Crippen LogP contribution in [0.2, 0.25) is 0 Å². The van der Waals surface area contributed by atoms with Crippen LogP contribution < -0.4 is 10.6 Å². The van der Waals surface area contributed by atoms with Crippen LogP contribution in [0.5, 0.6) is 0 Å². The number of fused-ring (bicyclic) bond motifs is 1. The Hall–Kier alpha value is -1.88. The molecular formula is C13H16N2O3. The molecule has 1 aromatic rings. The molecule has 0 aromatic heterocycles. The smallest absolute Gasteiger partial charge is 0.325 e. The molecule has 0 aliphatic carbocycles. The van der Waals surface area contributed by atoms with Gasteiger partial charge in [0.15, 0.2) is 0 Å². The summed E-state index contributed by atoms with van der Waals surface area (Å²) in [7, 11) is 0. The van der Waals surface area contributed by atoms with Gasteiger partial charge < -0.3 is 15.7 Å². The van der Waals surface area contributed by atoms with E-state index < -0.39 is 12.0 Å². The van der Waals surface area contributed by atoms with Crippen molar-refractivity contribution < 1.29 is 14.7 Å². The van der Waals surface area contributed by atoms with Gasteiger partial charge in [0.2, 0.25) is 0 Å². The van der Waals surface area contributed by atoms with Gasteiger partial charge in [-0.2, -0.15) is 0 Å². The Kier molecular flexibility index (Phi) is 3.62. The topological polar surface area (TPSA) is 78.4 Å². The van der Waals surface area contributed by atoms with Crippen LogP contribution in [0.4, 0.5) is 0 Å². The molecule has 0 bridgehead atoms. The molecule has 1 atom stereocenters. The van der Waals surface area contributed by atoms with Crippen LogP contribution in [0, 0.1) is 0 Å². The second-order valence-electron chi connectivity index (χ2n) is 4.44. The summed E-state index contributed by atoms with van der Waals surface area (Å²) in [5, 5.41) is 14.4. The largest absolute Gasteiger partial charge is 0.480 e. The Morgan fingerprint density at radius 3 is 2.89 bits per heavy atom. The lowest BCUT2D eigenvalue weighted by Crippen LogP contribution is -2.38. The zero-order chi connectivity index (χ0) is 13.1. The van der Waals surface area contributed by atoms with Crippen LogP contribution in [0.3, 0.4) is 0 Å². The molecule has 0 unspecified atom stereocenters. The fraction of sp³-hybridized carbons (Fsp3) is 0.385. The number of carboxylic acid groups (broad SMARTS) is 1. The first-order valence-corrected chi connectivity index (χ1v) is 5.94. The highest BCUT2D eigenvalue weighted by Crippen LogP contribution is 2.15. The second kappa shape index (κ2) is 5.18. The zero-order valence-electron chi connectivity index (χ0n) is 10.2. The first-order chi connectivity index (χ1) is 8.58. The van der Waals surface area contributed by atoms with Gasteiger partial charge in [-0.05, 0) is 43.1 Å².